The summed E-state index contributed by atoms with van der Waals surface area (Å²) in [6.07, 6.45) is 3.18. The molecule has 0 unspecified atom stereocenters. The van der Waals surface area contributed by atoms with Crippen LogP contribution in [0.2, 0.25) is 10.0 Å². The highest BCUT2D eigenvalue weighted by molar-refractivity contribution is 6.35. The van der Waals surface area contributed by atoms with E-state index in [1.165, 1.54) is 0 Å². The van der Waals surface area contributed by atoms with Crippen molar-refractivity contribution in [1.82, 2.24) is 15.5 Å². The van der Waals surface area contributed by atoms with Gasteiger partial charge in [0.1, 0.15) is 5.76 Å². The Morgan fingerprint density at radius 1 is 1.32 bits per heavy atom. The first-order chi connectivity index (χ1) is 13.4. The Morgan fingerprint density at radius 3 is 2.86 bits per heavy atom. The maximum Gasteiger partial charge on any atom is 0.237 e. The molecule has 1 aromatic carbocycles. The maximum atomic E-state index is 12.5. The van der Waals surface area contributed by atoms with E-state index in [2.05, 4.69) is 10.6 Å². The van der Waals surface area contributed by atoms with Crippen molar-refractivity contribution in [1.29, 1.82) is 0 Å². The lowest BCUT2D eigenvalue weighted by molar-refractivity contribution is -0.128. The van der Waals surface area contributed by atoms with Crippen molar-refractivity contribution in [3.05, 3.63) is 58.0 Å². The highest BCUT2D eigenvalue weighted by Crippen LogP contribution is 2.26. The van der Waals surface area contributed by atoms with Crippen molar-refractivity contribution in [2.24, 2.45) is 0 Å². The van der Waals surface area contributed by atoms with E-state index in [1.807, 2.05) is 17.9 Å². The number of likely N-dealkylation sites (tertiary alicyclic amines) is 1. The van der Waals surface area contributed by atoms with E-state index in [0.29, 0.717) is 28.9 Å². The van der Waals surface area contributed by atoms with E-state index in [1.54, 1.807) is 30.5 Å². The topological polar surface area (TPSA) is 74.6 Å². The molecule has 1 aliphatic heterocycles. The smallest absolute Gasteiger partial charge is 0.237 e. The van der Waals surface area contributed by atoms with Gasteiger partial charge in [0.25, 0.3) is 0 Å². The number of nitrogens with one attached hydrogen (secondary N) is 2. The van der Waals surface area contributed by atoms with E-state index in [4.69, 9.17) is 27.6 Å². The zero-order chi connectivity index (χ0) is 20.1. The molecule has 2 heterocycles. The Bertz CT molecular complexity index is 826. The lowest BCUT2D eigenvalue weighted by Crippen LogP contribution is -2.47. The number of hydrogen-bond donors (Lipinski definition) is 2. The number of amides is 2. The van der Waals surface area contributed by atoms with Crippen LogP contribution in [0.4, 0.5) is 0 Å². The average Bonchev–Trinajstić information content (AvgIpc) is 3.31. The Morgan fingerprint density at radius 2 is 2.14 bits per heavy atom. The fraction of sp³-hybridized carbons (Fsp3) is 0.400. The van der Waals surface area contributed by atoms with Gasteiger partial charge in [-0.15, -0.1) is 0 Å². The summed E-state index contributed by atoms with van der Waals surface area (Å²) in [7, 11) is 0. The summed E-state index contributed by atoms with van der Waals surface area (Å²) in [5.41, 5.74) is 0.800. The van der Waals surface area contributed by atoms with Gasteiger partial charge in [-0.1, -0.05) is 29.3 Å². The Kier molecular flexibility index (Phi) is 6.99. The molecule has 0 radical (unpaired) electrons. The lowest BCUT2D eigenvalue weighted by Gasteiger charge is -2.24. The van der Waals surface area contributed by atoms with E-state index in [-0.39, 0.29) is 30.4 Å². The normalized spacial score (nSPS) is 18.0. The molecule has 1 aromatic heterocycles. The minimum Gasteiger partial charge on any atom is -0.467 e. The van der Waals surface area contributed by atoms with Gasteiger partial charge < -0.3 is 15.1 Å². The second kappa shape index (κ2) is 9.45. The van der Waals surface area contributed by atoms with Crippen LogP contribution in [0.5, 0.6) is 0 Å². The standard InChI is InChI=1S/C20H23Cl2N3O3/c1-13(16-7-6-14(21)10-17(16)22)24-19(26)12-25-8-2-5-18(25)20(27)23-11-15-4-3-9-28-15/h3-4,6-7,9-10,13,18H,2,5,8,11-12H2,1H3,(H,23,27)(H,24,26)/t13-,18+/m1/s1. The molecular weight excluding hydrogens is 401 g/mol. The van der Waals surface area contributed by atoms with Gasteiger partial charge in [0, 0.05) is 10.0 Å². The van der Waals surface area contributed by atoms with Crippen LogP contribution in [0.25, 0.3) is 0 Å². The minimum absolute atomic E-state index is 0.0875. The number of nitrogens with zero attached hydrogens (tertiary/aromatic N) is 1. The number of halogens is 2. The highest BCUT2D eigenvalue weighted by atomic mass is 35.5. The minimum atomic E-state index is -0.310. The molecule has 2 amide bonds. The number of furan rings is 1. The van der Waals surface area contributed by atoms with Crippen molar-refractivity contribution in [3.8, 4) is 0 Å². The quantitative estimate of drug-likeness (QED) is 0.713. The molecule has 2 N–H and O–H groups in total. The molecule has 1 fully saturated rings. The molecule has 3 rings (SSSR count). The third-order valence-electron chi connectivity index (χ3n) is 4.84. The van der Waals surface area contributed by atoms with Crippen molar-refractivity contribution in [2.45, 2.75) is 38.4 Å². The first kappa shape index (κ1) is 20.7. The van der Waals surface area contributed by atoms with Gasteiger partial charge in [-0.3, -0.25) is 14.5 Å². The van der Waals surface area contributed by atoms with Crippen molar-refractivity contribution in [2.75, 3.05) is 13.1 Å². The van der Waals surface area contributed by atoms with E-state index >= 15 is 0 Å². The summed E-state index contributed by atoms with van der Waals surface area (Å²) in [5, 5.41) is 6.88. The van der Waals surface area contributed by atoms with Gasteiger partial charge in [0.15, 0.2) is 0 Å². The zero-order valence-corrected chi connectivity index (χ0v) is 17.1. The third-order valence-corrected chi connectivity index (χ3v) is 5.40. The van der Waals surface area contributed by atoms with Gasteiger partial charge in [-0.25, -0.2) is 0 Å². The lowest BCUT2D eigenvalue weighted by atomic mass is 10.1. The molecule has 150 valence electrons. The van der Waals surface area contributed by atoms with Crippen LogP contribution < -0.4 is 10.6 Å². The van der Waals surface area contributed by atoms with Gasteiger partial charge in [-0.2, -0.15) is 0 Å². The molecule has 0 saturated carbocycles. The summed E-state index contributed by atoms with van der Waals surface area (Å²) < 4.78 is 5.23. The molecule has 6 nitrogen and oxygen atoms in total. The monoisotopic (exact) mass is 423 g/mol. The second-order valence-electron chi connectivity index (χ2n) is 6.88. The number of rotatable bonds is 7. The predicted molar refractivity (Wildman–Crippen MR) is 108 cm³/mol. The SMILES string of the molecule is C[C@@H](NC(=O)CN1CCC[C@H]1C(=O)NCc1ccco1)c1ccc(Cl)cc1Cl. The van der Waals surface area contributed by atoms with Crippen molar-refractivity contribution >= 4 is 35.0 Å². The average molecular weight is 424 g/mol. The summed E-state index contributed by atoms with van der Waals surface area (Å²) in [6.45, 7) is 3.08. The third kappa shape index (κ3) is 5.28. The van der Waals surface area contributed by atoms with Crippen LogP contribution in [0.1, 0.15) is 37.1 Å². The number of carbonyl (C=O) groups is 2. The second-order valence-corrected chi connectivity index (χ2v) is 7.72. The largest absolute Gasteiger partial charge is 0.467 e. The molecule has 2 aromatic rings. The zero-order valence-electron chi connectivity index (χ0n) is 15.6. The van der Waals surface area contributed by atoms with Crippen LogP contribution in [0, 0.1) is 0 Å². The van der Waals surface area contributed by atoms with Crippen LogP contribution in [0.15, 0.2) is 41.0 Å². The number of hydrogen-bond acceptors (Lipinski definition) is 4. The highest BCUT2D eigenvalue weighted by Gasteiger charge is 2.32. The fourth-order valence-corrected chi connectivity index (χ4v) is 3.99. The molecular formula is C20H23Cl2N3O3. The van der Waals surface area contributed by atoms with Crippen molar-refractivity contribution < 1.29 is 14.0 Å². The molecule has 1 aliphatic rings. The molecule has 0 aliphatic carbocycles. The van der Waals surface area contributed by atoms with Crippen molar-refractivity contribution in [3.63, 3.8) is 0 Å². The fourth-order valence-electron chi connectivity index (χ4n) is 3.42. The Balaban J connectivity index is 1.52. The van der Waals surface area contributed by atoms with Gasteiger partial charge in [-0.05, 0) is 56.1 Å². The van der Waals surface area contributed by atoms with E-state index < -0.39 is 0 Å². The summed E-state index contributed by atoms with van der Waals surface area (Å²) in [5.74, 6) is 0.462. The molecule has 28 heavy (non-hydrogen) atoms. The van der Waals surface area contributed by atoms with E-state index in [9.17, 15) is 9.59 Å². The van der Waals surface area contributed by atoms with Gasteiger partial charge >= 0.3 is 0 Å². The molecule has 2 atom stereocenters. The van der Waals surface area contributed by atoms with Gasteiger partial charge in [0.2, 0.25) is 11.8 Å². The first-order valence-corrected chi connectivity index (χ1v) is 9.98. The molecule has 0 bridgehead atoms. The summed E-state index contributed by atoms with van der Waals surface area (Å²) in [4.78, 5) is 26.9. The molecule has 8 heteroatoms. The number of carbonyl (C=O) groups excluding carboxylic acids is 2. The van der Waals surface area contributed by atoms with Crippen LogP contribution in [-0.2, 0) is 16.1 Å². The Labute approximate surface area is 174 Å². The number of benzene rings is 1. The summed E-state index contributed by atoms with van der Waals surface area (Å²) >= 11 is 12.1. The summed E-state index contributed by atoms with van der Waals surface area (Å²) in [6, 6.07) is 8.22. The van der Waals surface area contributed by atoms with E-state index in [0.717, 1.165) is 18.4 Å². The molecule has 0 spiro atoms. The van der Waals surface area contributed by atoms with Gasteiger partial charge in [0.05, 0.1) is 31.4 Å². The maximum absolute atomic E-state index is 12.5. The molecule has 1 saturated heterocycles. The first-order valence-electron chi connectivity index (χ1n) is 9.22. The van der Waals surface area contributed by atoms with Crippen LogP contribution in [-0.4, -0.2) is 35.8 Å². The predicted octanol–water partition coefficient (Wildman–Crippen LogP) is 3.54. The Hall–Kier alpha value is -2.02. The van der Waals surface area contributed by atoms with Crippen LogP contribution >= 0.6 is 23.2 Å². The van der Waals surface area contributed by atoms with Crippen LogP contribution in [0.3, 0.4) is 0 Å².